The fraction of sp³-hybridized carbons (Fsp3) is 0.143. The lowest BCUT2D eigenvalue weighted by Crippen LogP contribution is -2.27. The van der Waals surface area contributed by atoms with Gasteiger partial charge in [0, 0.05) is 75.6 Å². The number of rotatable bonds is 23. The molecule has 0 amide bonds. The Balaban J connectivity index is 1.02. The Morgan fingerprint density at radius 2 is 0.580 bits per heavy atom. The lowest BCUT2D eigenvalue weighted by Gasteiger charge is -2.31. The number of hydrogen-bond donors (Lipinski definition) is 4. The molecule has 0 saturated carbocycles. The molecule has 0 aliphatic heterocycles. The average molecular weight is 1320 g/mol. The predicted octanol–water partition coefficient (Wildman–Crippen LogP) is 22.0. The van der Waals surface area contributed by atoms with Gasteiger partial charge in [0.1, 0.15) is 116 Å². The molecule has 0 bridgehead atoms. The minimum absolute atomic E-state index is 0.0954. The van der Waals surface area contributed by atoms with E-state index in [0.717, 1.165) is 56.4 Å². The molecule has 16 heteroatoms. The van der Waals surface area contributed by atoms with Crippen molar-refractivity contribution in [2.75, 3.05) is 21.3 Å². The third-order valence-electron chi connectivity index (χ3n) is 17.0. The summed E-state index contributed by atoms with van der Waals surface area (Å²) in [5.41, 5.74) is 7.12. The summed E-state index contributed by atoms with van der Waals surface area (Å²) in [5.74, 6) is 4.30. The molecule has 16 nitrogen and oxygen atoms in total. The summed E-state index contributed by atoms with van der Waals surface area (Å²) in [7, 11) is 0. The van der Waals surface area contributed by atoms with Crippen LogP contribution in [0.5, 0.6) is 92.0 Å². The predicted molar refractivity (Wildman–Crippen MR) is 388 cm³/mol. The maximum Gasteiger partial charge on any atom is 0.170 e. The summed E-state index contributed by atoms with van der Waals surface area (Å²) >= 11 is 0. The molecule has 2 aliphatic carbocycles. The van der Waals surface area contributed by atoms with E-state index in [4.69, 9.17) is 44.3 Å². The highest BCUT2D eigenvalue weighted by Crippen LogP contribution is 2.66. The number of nitriles is 4. The maximum absolute atomic E-state index is 11.1. The summed E-state index contributed by atoms with van der Waals surface area (Å²) in [6, 6.07) is 69.1. The van der Waals surface area contributed by atoms with Crippen molar-refractivity contribution in [3.63, 3.8) is 0 Å². The number of nitrogens with one attached hydrogen (secondary N) is 4. The zero-order valence-corrected chi connectivity index (χ0v) is 56.1. The van der Waals surface area contributed by atoms with E-state index in [1.807, 2.05) is 93.6 Å². The largest absolute Gasteiger partial charge is 0.456 e. The summed E-state index contributed by atoms with van der Waals surface area (Å²) in [4.78, 5) is 0. The van der Waals surface area contributed by atoms with Crippen molar-refractivity contribution in [2.45, 2.75) is 77.6 Å². The third kappa shape index (κ3) is 14.0. The zero-order chi connectivity index (χ0) is 70.5. The van der Waals surface area contributed by atoms with Gasteiger partial charge in [-0.15, -0.1) is 0 Å². The summed E-state index contributed by atoms with van der Waals surface area (Å²) < 4.78 is 53.9. The Hall–Kier alpha value is -13.5. The molecule has 10 aromatic carbocycles. The van der Waals surface area contributed by atoms with E-state index in [9.17, 15) is 21.0 Å². The Morgan fingerprint density at radius 3 is 0.840 bits per heavy atom. The highest BCUT2D eigenvalue weighted by Gasteiger charge is 2.57. The van der Waals surface area contributed by atoms with Crippen molar-refractivity contribution >= 4 is 22.7 Å². The van der Waals surface area contributed by atoms with Crippen molar-refractivity contribution in [3.8, 4) is 129 Å². The standard InChI is InChI=1S/C84H68N8O8/c1-12-89-54-21-13-25-58(37-54)93-70-29-17-33-74(62(70)45-85)97-78-41-66-68(43-80(78)99-76-35-19-31-72(64(76)47-87)95-60-27-15-23-56(39-60)91-52(4)5)84(49-82(66,8)9)50-83(10,11)67-42-79(98-75-34-18-30-71(63(75)46-86)94-59-26-14-22-55(38-59)90-51(2)3)81(44-69(67)84)100-77-36-20-32-73(65(77)48-88)96-61-28-16-24-57(40-61)92-53(6)7/h1,13-44,89-92H,2,4,6,49-50H2,3,5,7-11H3. The van der Waals surface area contributed by atoms with Crippen LogP contribution in [-0.2, 0) is 16.2 Å². The molecule has 0 radical (unpaired) electrons. The van der Waals surface area contributed by atoms with Gasteiger partial charge in [0.2, 0.25) is 0 Å². The first-order valence-corrected chi connectivity index (χ1v) is 32.0. The van der Waals surface area contributed by atoms with Gasteiger partial charge in [0.15, 0.2) is 23.0 Å². The molecule has 0 heterocycles. The first-order chi connectivity index (χ1) is 48.2. The second-order valence-electron chi connectivity index (χ2n) is 25.8. The third-order valence-corrected chi connectivity index (χ3v) is 17.0. The van der Waals surface area contributed by atoms with Crippen molar-refractivity contribution in [2.24, 2.45) is 0 Å². The van der Waals surface area contributed by atoms with Gasteiger partial charge >= 0.3 is 0 Å². The SMILES string of the molecule is C#CNc1cccc(Oc2cccc(Oc3cc4c(cc3Oc3cccc(Oc5cccc(NC(=C)C)c5)c3C#N)C3(CC4(C)C)CC(C)(C)c4cc(Oc5cccc(Oc6cccc(NC(=C)C)c6)c5C#N)c(Oc5cccc(Oc6cccc(NC(=C)C)c6)c5C#N)cc43)c2C#N)c1. The van der Waals surface area contributed by atoms with Crippen LogP contribution < -0.4 is 59.2 Å². The van der Waals surface area contributed by atoms with Crippen LogP contribution in [0, 0.1) is 57.8 Å². The van der Waals surface area contributed by atoms with E-state index in [1.165, 1.54) is 0 Å². The van der Waals surface area contributed by atoms with Crippen molar-refractivity contribution in [1.82, 2.24) is 0 Å². The number of benzene rings is 10. The molecule has 0 fully saturated rings. The Bertz CT molecular complexity index is 5190. The summed E-state index contributed by atoms with van der Waals surface area (Å²) in [6.45, 7) is 26.2. The molecule has 1 spiro atoms. The molecule has 2 aliphatic rings. The smallest absolute Gasteiger partial charge is 0.170 e. The molecule has 10 aromatic rings. The second-order valence-corrected chi connectivity index (χ2v) is 25.8. The van der Waals surface area contributed by atoms with Gasteiger partial charge in [-0.2, -0.15) is 21.0 Å². The van der Waals surface area contributed by atoms with Crippen LogP contribution in [0.25, 0.3) is 0 Å². The number of fused-ring (bicyclic) bond motifs is 4. The van der Waals surface area contributed by atoms with Crippen molar-refractivity contribution in [1.29, 1.82) is 21.0 Å². The molecule has 0 aromatic heterocycles. The number of hydrogen-bond acceptors (Lipinski definition) is 16. The Morgan fingerprint density at radius 1 is 0.340 bits per heavy atom. The summed E-state index contributed by atoms with van der Waals surface area (Å²) in [6.07, 6.45) is 6.69. The molecule has 100 heavy (non-hydrogen) atoms. The van der Waals surface area contributed by atoms with Gasteiger partial charge in [-0.3, -0.25) is 0 Å². The van der Waals surface area contributed by atoms with Crippen LogP contribution in [-0.4, -0.2) is 0 Å². The van der Waals surface area contributed by atoms with Crippen molar-refractivity contribution in [3.05, 3.63) is 275 Å². The monoisotopic (exact) mass is 1320 g/mol. The first-order valence-electron chi connectivity index (χ1n) is 32.0. The first kappa shape index (κ1) is 66.6. The maximum atomic E-state index is 11.1. The average Bonchev–Trinajstić information content (AvgIpc) is 1.52. The number of allylic oxidation sites excluding steroid dienone is 3. The van der Waals surface area contributed by atoms with Crippen LogP contribution in [0.15, 0.2) is 231 Å². The normalized spacial score (nSPS) is 13.9. The minimum atomic E-state index is -0.809. The minimum Gasteiger partial charge on any atom is -0.456 e. The van der Waals surface area contributed by atoms with E-state index in [-0.39, 0.29) is 91.2 Å². The Kier molecular flexibility index (Phi) is 18.4. The topological polar surface area (TPSA) is 217 Å². The van der Waals surface area contributed by atoms with Crippen LogP contribution in [0.3, 0.4) is 0 Å². The van der Waals surface area contributed by atoms with E-state index >= 15 is 0 Å². The van der Waals surface area contributed by atoms with E-state index in [0.29, 0.717) is 41.5 Å². The van der Waals surface area contributed by atoms with E-state index in [2.05, 4.69) is 99.0 Å². The van der Waals surface area contributed by atoms with Crippen LogP contribution >= 0.6 is 0 Å². The van der Waals surface area contributed by atoms with Gasteiger partial charge in [-0.1, -0.05) is 102 Å². The van der Waals surface area contributed by atoms with Gasteiger partial charge in [-0.05, 0) is 188 Å². The number of ether oxygens (including phenoxy) is 8. The highest BCUT2D eigenvalue weighted by atomic mass is 16.5. The molecule has 12 rings (SSSR count). The van der Waals surface area contributed by atoms with Crippen molar-refractivity contribution < 1.29 is 37.9 Å². The Labute approximate surface area is 581 Å². The van der Waals surface area contributed by atoms with Gasteiger partial charge in [0.25, 0.3) is 0 Å². The number of terminal acetylenes is 1. The lowest BCUT2D eigenvalue weighted by molar-refractivity contribution is 0.349. The molecule has 4 N–H and O–H groups in total. The molecular weight excluding hydrogens is 1250 g/mol. The zero-order valence-electron chi connectivity index (χ0n) is 56.1. The van der Waals surface area contributed by atoms with Gasteiger partial charge < -0.3 is 59.2 Å². The highest BCUT2D eigenvalue weighted by molar-refractivity contribution is 5.70. The molecule has 1 atom stereocenters. The second kappa shape index (κ2) is 27.7. The van der Waals surface area contributed by atoms with Crippen LogP contribution in [0.1, 0.15) is 106 Å². The number of anilines is 4. The van der Waals surface area contributed by atoms with Gasteiger partial charge in [-0.25, -0.2) is 0 Å². The van der Waals surface area contributed by atoms with Gasteiger partial charge in [0.05, 0.1) is 0 Å². The molecule has 0 saturated heterocycles. The fourth-order valence-electron chi connectivity index (χ4n) is 13.2. The quantitative estimate of drug-likeness (QED) is 0.0346. The molecule has 492 valence electrons. The molecule has 1 unspecified atom stereocenters. The number of nitrogens with zero attached hydrogens (tertiary/aromatic N) is 4. The van der Waals surface area contributed by atoms with Crippen LogP contribution in [0.4, 0.5) is 22.7 Å². The lowest BCUT2D eigenvalue weighted by atomic mass is 9.72. The summed E-state index contributed by atoms with van der Waals surface area (Å²) in [5, 5.41) is 56.6. The molecular formula is C84H68N8O8. The fourth-order valence-corrected chi connectivity index (χ4v) is 13.2. The van der Waals surface area contributed by atoms with E-state index < -0.39 is 16.2 Å². The van der Waals surface area contributed by atoms with E-state index in [1.54, 1.807) is 121 Å². The van der Waals surface area contributed by atoms with Crippen LogP contribution in [0.2, 0.25) is 0 Å².